The van der Waals surface area contributed by atoms with Crippen LogP contribution in [0.4, 0.5) is 0 Å². The number of rotatable bonds is 6. The fourth-order valence-corrected chi connectivity index (χ4v) is 2.05. The first-order valence-electron chi connectivity index (χ1n) is 6.75. The summed E-state index contributed by atoms with van der Waals surface area (Å²) in [6.45, 7) is 3.88. The predicted molar refractivity (Wildman–Crippen MR) is 79.8 cm³/mol. The topological polar surface area (TPSA) is 50.9 Å². The summed E-state index contributed by atoms with van der Waals surface area (Å²) < 4.78 is 0. The van der Waals surface area contributed by atoms with E-state index in [2.05, 4.69) is 41.5 Å². The normalized spacial score (nSPS) is 12.3. The molecule has 0 saturated carbocycles. The number of nitrogens with zero attached hydrogens (tertiary/aromatic N) is 1. The molecule has 19 heavy (non-hydrogen) atoms. The number of benzene rings is 1. The van der Waals surface area contributed by atoms with Crippen LogP contribution in [0.25, 0.3) is 11.1 Å². The van der Waals surface area contributed by atoms with Gasteiger partial charge in [0.25, 0.3) is 0 Å². The molecule has 0 fully saturated rings. The van der Waals surface area contributed by atoms with Gasteiger partial charge in [0, 0.05) is 18.4 Å². The Balaban J connectivity index is 2.02. The Bertz CT molecular complexity index is 479. The quantitative estimate of drug-likeness (QED) is 0.780. The van der Waals surface area contributed by atoms with Gasteiger partial charge >= 0.3 is 0 Å². The van der Waals surface area contributed by atoms with Gasteiger partial charge in [-0.3, -0.25) is 4.98 Å². The van der Waals surface area contributed by atoms with Gasteiger partial charge in [-0.05, 0) is 55.3 Å². The van der Waals surface area contributed by atoms with Crippen molar-refractivity contribution in [2.75, 3.05) is 13.1 Å². The van der Waals surface area contributed by atoms with Crippen molar-refractivity contribution in [2.24, 2.45) is 5.73 Å². The van der Waals surface area contributed by atoms with Crippen LogP contribution >= 0.6 is 0 Å². The average molecular weight is 255 g/mol. The molecule has 100 valence electrons. The SMILES string of the molecule is CC(NCCCN)c1ccc(-c2ccncc2)cc1. The Morgan fingerprint density at radius 3 is 2.32 bits per heavy atom. The lowest BCUT2D eigenvalue weighted by molar-refractivity contribution is 0.562. The van der Waals surface area contributed by atoms with Crippen molar-refractivity contribution < 1.29 is 0 Å². The van der Waals surface area contributed by atoms with Crippen LogP contribution in [0.2, 0.25) is 0 Å². The Labute approximate surface area is 114 Å². The monoisotopic (exact) mass is 255 g/mol. The number of aromatic nitrogens is 1. The first kappa shape index (κ1) is 13.7. The fraction of sp³-hybridized carbons (Fsp3) is 0.312. The first-order chi connectivity index (χ1) is 9.31. The highest BCUT2D eigenvalue weighted by Crippen LogP contribution is 2.21. The molecule has 3 heteroatoms. The number of hydrogen-bond donors (Lipinski definition) is 2. The second-order valence-electron chi connectivity index (χ2n) is 4.68. The van der Waals surface area contributed by atoms with E-state index in [9.17, 15) is 0 Å². The minimum atomic E-state index is 0.359. The highest BCUT2D eigenvalue weighted by Gasteiger charge is 2.04. The van der Waals surface area contributed by atoms with Crippen LogP contribution in [0.1, 0.15) is 24.9 Å². The van der Waals surface area contributed by atoms with E-state index in [1.54, 1.807) is 0 Å². The highest BCUT2D eigenvalue weighted by atomic mass is 14.9. The van der Waals surface area contributed by atoms with Crippen molar-refractivity contribution in [3.63, 3.8) is 0 Å². The third-order valence-electron chi connectivity index (χ3n) is 3.26. The maximum absolute atomic E-state index is 5.49. The van der Waals surface area contributed by atoms with E-state index in [1.165, 1.54) is 16.7 Å². The van der Waals surface area contributed by atoms with E-state index in [0.29, 0.717) is 6.04 Å². The largest absolute Gasteiger partial charge is 0.330 e. The molecule has 1 unspecified atom stereocenters. The van der Waals surface area contributed by atoms with Gasteiger partial charge < -0.3 is 11.1 Å². The van der Waals surface area contributed by atoms with Crippen LogP contribution in [-0.2, 0) is 0 Å². The minimum absolute atomic E-state index is 0.359. The van der Waals surface area contributed by atoms with Gasteiger partial charge in [-0.15, -0.1) is 0 Å². The predicted octanol–water partition coefficient (Wildman–Crippen LogP) is 2.75. The molecular formula is C16H21N3. The van der Waals surface area contributed by atoms with Crippen LogP contribution in [0.15, 0.2) is 48.8 Å². The summed E-state index contributed by atoms with van der Waals surface area (Å²) in [6.07, 6.45) is 4.65. The number of pyridine rings is 1. The Morgan fingerprint density at radius 1 is 1.05 bits per heavy atom. The molecule has 3 nitrogen and oxygen atoms in total. The van der Waals surface area contributed by atoms with Crippen LogP contribution in [0.5, 0.6) is 0 Å². The van der Waals surface area contributed by atoms with Gasteiger partial charge in [0.05, 0.1) is 0 Å². The van der Waals surface area contributed by atoms with Gasteiger partial charge in [-0.2, -0.15) is 0 Å². The van der Waals surface area contributed by atoms with Crippen LogP contribution < -0.4 is 11.1 Å². The zero-order valence-electron chi connectivity index (χ0n) is 11.3. The molecule has 0 spiro atoms. The van der Waals surface area contributed by atoms with E-state index in [-0.39, 0.29) is 0 Å². The molecule has 3 N–H and O–H groups in total. The smallest absolute Gasteiger partial charge is 0.0291 e. The van der Waals surface area contributed by atoms with Crippen LogP contribution in [-0.4, -0.2) is 18.1 Å². The van der Waals surface area contributed by atoms with Gasteiger partial charge in [0.15, 0.2) is 0 Å². The van der Waals surface area contributed by atoms with E-state index < -0.39 is 0 Å². The molecule has 0 aliphatic heterocycles. The molecular weight excluding hydrogens is 234 g/mol. The zero-order valence-corrected chi connectivity index (χ0v) is 11.3. The summed E-state index contributed by atoms with van der Waals surface area (Å²) in [5.41, 5.74) is 9.22. The summed E-state index contributed by atoms with van der Waals surface area (Å²) in [7, 11) is 0. The second kappa shape index (κ2) is 7.02. The lowest BCUT2D eigenvalue weighted by Gasteiger charge is -2.14. The van der Waals surface area contributed by atoms with Crippen LogP contribution in [0.3, 0.4) is 0 Å². The Morgan fingerprint density at radius 2 is 1.68 bits per heavy atom. The summed E-state index contributed by atoms with van der Waals surface area (Å²) >= 11 is 0. The van der Waals surface area contributed by atoms with Gasteiger partial charge in [-0.25, -0.2) is 0 Å². The fourth-order valence-electron chi connectivity index (χ4n) is 2.05. The van der Waals surface area contributed by atoms with Crippen molar-refractivity contribution in [2.45, 2.75) is 19.4 Å². The number of nitrogens with two attached hydrogens (primary N) is 1. The molecule has 2 rings (SSSR count). The molecule has 0 radical (unpaired) electrons. The molecule has 0 bridgehead atoms. The molecule has 0 amide bonds. The van der Waals surface area contributed by atoms with Gasteiger partial charge in [-0.1, -0.05) is 24.3 Å². The molecule has 1 atom stereocenters. The Hall–Kier alpha value is -1.71. The summed E-state index contributed by atoms with van der Waals surface area (Å²) in [4.78, 5) is 4.04. The molecule has 0 aliphatic rings. The molecule has 1 aromatic heterocycles. The number of hydrogen-bond acceptors (Lipinski definition) is 3. The molecule has 1 heterocycles. The standard InChI is InChI=1S/C16H21N3/c1-13(19-10-2-9-17)14-3-5-15(6-4-14)16-7-11-18-12-8-16/h3-8,11-13,19H,2,9-10,17H2,1H3. The molecule has 0 saturated heterocycles. The van der Waals surface area contributed by atoms with Crippen molar-refractivity contribution >= 4 is 0 Å². The Kier molecular flexibility index (Phi) is 5.07. The summed E-state index contributed by atoms with van der Waals surface area (Å²) in [5.74, 6) is 0. The van der Waals surface area contributed by atoms with E-state index in [4.69, 9.17) is 5.73 Å². The summed E-state index contributed by atoms with van der Waals surface area (Å²) in [5, 5.41) is 3.47. The van der Waals surface area contributed by atoms with E-state index in [0.717, 1.165) is 19.5 Å². The maximum atomic E-state index is 5.49. The van der Waals surface area contributed by atoms with E-state index in [1.807, 2.05) is 24.5 Å². The zero-order chi connectivity index (χ0) is 13.5. The lowest BCUT2D eigenvalue weighted by Crippen LogP contribution is -2.21. The second-order valence-corrected chi connectivity index (χ2v) is 4.68. The molecule has 1 aromatic carbocycles. The minimum Gasteiger partial charge on any atom is -0.330 e. The first-order valence-corrected chi connectivity index (χ1v) is 6.75. The molecule has 0 aliphatic carbocycles. The third kappa shape index (κ3) is 3.88. The third-order valence-corrected chi connectivity index (χ3v) is 3.26. The van der Waals surface area contributed by atoms with Gasteiger partial charge in [0.1, 0.15) is 0 Å². The number of nitrogens with one attached hydrogen (secondary N) is 1. The highest BCUT2D eigenvalue weighted by molar-refractivity contribution is 5.62. The van der Waals surface area contributed by atoms with Crippen molar-refractivity contribution in [1.82, 2.24) is 10.3 Å². The summed E-state index contributed by atoms with van der Waals surface area (Å²) in [6, 6.07) is 13.1. The van der Waals surface area contributed by atoms with E-state index >= 15 is 0 Å². The van der Waals surface area contributed by atoms with Crippen LogP contribution in [0, 0.1) is 0 Å². The lowest BCUT2D eigenvalue weighted by atomic mass is 10.0. The molecule has 2 aromatic rings. The van der Waals surface area contributed by atoms with Gasteiger partial charge in [0.2, 0.25) is 0 Å². The van der Waals surface area contributed by atoms with Crippen molar-refractivity contribution in [3.8, 4) is 11.1 Å². The maximum Gasteiger partial charge on any atom is 0.0291 e. The van der Waals surface area contributed by atoms with Crippen molar-refractivity contribution in [1.29, 1.82) is 0 Å². The van der Waals surface area contributed by atoms with Crippen molar-refractivity contribution in [3.05, 3.63) is 54.4 Å². The average Bonchev–Trinajstić information content (AvgIpc) is 2.48.